The molecule has 0 radical (unpaired) electrons. The number of rotatable bonds is 7. The maximum atomic E-state index is 12.8. The van der Waals surface area contributed by atoms with Gasteiger partial charge in [-0.25, -0.2) is 18.5 Å². The Labute approximate surface area is 182 Å². The van der Waals surface area contributed by atoms with Crippen molar-refractivity contribution < 1.29 is 23.6 Å². The van der Waals surface area contributed by atoms with E-state index in [1.54, 1.807) is 0 Å². The lowest BCUT2D eigenvalue weighted by molar-refractivity contribution is -0.00272. The monoisotopic (exact) mass is 447 g/mol. The van der Waals surface area contributed by atoms with Gasteiger partial charge in [-0.3, -0.25) is 0 Å². The number of urea groups is 1. The summed E-state index contributed by atoms with van der Waals surface area (Å²) >= 11 is 0. The largest absolute Gasteiger partial charge is 0.452 e. The third-order valence-electron chi connectivity index (χ3n) is 6.40. The predicted octanol–water partition coefficient (Wildman–Crippen LogP) is 3.62. The molecule has 5 N–H and O–H groups in total. The highest BCUT2D eigenvalue weighted by Crippen LogP contribution is 2.46. The molecule has 0 saturated heterocycles. The zero-order chi connectivity index (χ0) is 22.4. The SMILES string of the molecule is CC(c1ccc2c(c1NC(=O)NS(=N)(=O)c1cc(C(C)(O)CO)co1)CCC2)C1CC1. The van der Waals surface area contributed by atoms with Crippen molar-refractivity contribution in [2.45, 2.75) is 62.6 Å². The van der Waals surface area contributed by atoms with Crippen LogP contribution in [-0.4, -0.2) is 27.1 Å². The molecule has 4 rings (SSSR count). The molecule has 2 aliphatic rings. The van der Waals surface area contributed by atoms with Gasteiger partial charge in [0.05, 0.1) is 12.9 Å². The van der Waals surface area contributed by atoms with Crippen molar-refractivity contribution in [1.82, 2.24) is 4.72 Å². The molecule has 1 aromatic carbocycles. The van der Waals surface area contributed by atoms with Gasteiger partial charge in [0.25, 0.3) is 0 Å². The van der Waals surface area contributed by atoms with Crippen LogP contribution >= 0.6 is 0 Å². The van der Waals surface area contributed by atoms with Crippen LogP contribution in [0.1, 0.15) is 61.3 Å². The van der Waals surface area contributed by atoms with Crippen LogP contribution in [0.15, 0.2) is 34.0 Å². The molecule has 0 aliphatic heterocycles. The number of anilines is 1. The second kappa shape index (κ2) is 7.96. The van der Waals surface area contributed by atoms with Gasteiger partial charge in [0.1, 0.15) is 5.60 Å². The van der Waals surface area contributed by atoms with Crippen molar-refractivity contribution in [3.05, 3.63) is 46.7 Å². The van der Waals surface area contributed by atoms with Gasteiger partial charge in [-0.15, -0.1) is 0 Å². The third kappa shape index (κ3) is 4.35. The topological polar surface area (TPSA) is 136 Å². The van der Waals surface area contributed by atoms with E-state index >= 15 is 0 Å². The lowest BCUT2D eigenvalue weighted by Gasteiger charge is -2.20. The number of furan rings is 1. The smallest absolute Gasteiger partial charge is 0.332 e. The normalized spacial score (nSPS) is 20.4. The van der Waals surface area contributed by atoms with Crippen molar-refractivity contribution >= 4 is 21.6 Å². The highest BCUT2D eigenvalue weighted by Gasteiger charge is 2.33. The zero-order valence-electron chi connectivity index (χ0n) is 17.7. The maximum Gasteiger partial charge on any atom is 0.332 e. The zero-order valence-corrected chi connectivity index (χ0v) is 18.6. The van der Waals surface area contributed by atoms with Crippen LogP contribution in [0.5, 0.6) is 0 Å². The standard InChI is InChI=1S/C22H29N3O5S/c1-13(14-6-7-14)17-9-8-15-4-3-5-18(15)20(17)24-21(27)25-31(23,29)19-10-16(11-30-19)22(2,28)12-26/h8-11,13-14,26,28H,3-7,12H2,1-2H3,(H3,23,24,25,27,29). The molecule has 8 nitrogen and oxygen atoms in total. The van der Waals surface area contributed by atoms with E-state index in [-0.39, 0.29) is 10.7 Å². The van der Waals surface area contributed by atoms with E-state index in [0.717, 1.165) is 42.3 Å². The number of carbonyl (C=O) groups excluding carboxylic acids is 1. The Bertz CT molecular complexity index is 1100. The van der Waals surface area contributed by atoms with Gasteiger partial charge in [0.15, 0.2) is 9.92 Å². The molecule has 2 amide bonds. The lowest BCUT2D eigenvalue weighted by atomic mass is 9.91. The van der Waals surface area contributed by atoms with Gasteiger partial charge in [0.2, 0.25) is 5.09 Å². The van der Waals surface area contributed by atoms with Crippen LogP contribution in [0.2, 0.25) is 0 Å². The number of hydrogen-bond donors (Lipinski definition) is 5. The molecule has 1 fully saturated rings. The molecule has 31 heavy (non-hydrogen) atoms. The van der Waals surface area contributed by atoms with Gasteiger partial charge >= 0.3 is 6.03 Å². The first-order chi connectivity index (χ1) is 14.6. The fourth-order valence-corrected chi connectivity index (χ4v) is 5.11. The van der Waals surface area contributed by atoms with Gasteiger partial charge in [-0.1, -0.05) is 19.1 Å². The summed E-state index contributed by atoms with van der Waals surface area (Å²) < 4.78 is 28.4. The molecule has 1 saturated carbocycles. The van der Waals surface area contributed by atoms with Gasteiger partial charge in [-0.2, -0.15) is 0 Å². The van der Waals surface area contributed by atoms with E-state index in [0.29, 0.717) is 11.8 Å². The van der Waals surface area contributed by atoms with Crippen molar-refractivity contribution in [3.63, 3.8) is 0 Å². The molecule has 9 heteroatoms. The number of benzene rings is 1. The lowest BCUT2D eigenvalue weighted by Crippen LogP contribution is -2.34. The van der Waals surface area contributed by atoms with E-state index in [4.69, 9.17) is 9.20 Å². The summed E-state index contributed by atoms with van der Waals surface area (Å²) in [5, 5.41) is 22.0. The minimum Gasteiger partial charge on any atom is -0.452 e. The maximum absolute atomic E-state index is 12.8. The van der Waals surface area contributed by atoms with Crippen molar-refractivity contribution in [2.75, 3.05) is 11.9 Å². The second-order valence-electron chi connectivity index (χ2n) is 8.85. The molecule has 0 spiro atoms. The van der Waals surface area contributed by atoms with E-state index < -0.39 is 28.2 Å². The van der Waals surface area contributed by atoms with Crippen LogP contribution < -0.4 is 10.0 Å². The average Bonchev–Trinajstić information content (AvgIpc) is 3.23. The fraction of sp³-hybridized carbons (Fsp3) is 0.500. The molecule has 2 aliphatic carbocycles. The van der Waals surface area contributed by atoms with E-state index in [9.17, 15) is 19.2 Å². The number of aliphatic hydroxyl groups is 2. The van der Waals surface area contributed by atoms with Gasteiger partial charge < -0.3 is 19.9 Å². The summed E-state index contributed by atoms with van der Waals surface area (Å²) in [6.45, 7) is 2.97. The van der Waals surface area contributed by atoms with Gasteiger partial charge in [-0.05, 0) is 67.6 Å². The summed E-state index contributed by atoms with van der Waals surface area (Å²) in [4.78, 5) is 12.8. The van der Waals surface area contributed by atoms with Crippen molar-refractivity contribution in [2.24, 2.45) is 5.92 Å². The van der Waals surface area contributed by atoms with E-state index in [2.05, 4.69) is 29.1 Å². The number of nitrogens with one attached hydrogen (secondary N) is 3. The van der Waals surface area contributed by atoms with Crippen LogP contribution in [0, 0.1) is 10.7 Å². The van der Waals surface area contributed by atoms with Crippen LogP contribution in [0.3, 0.4) is 0 Å². The molecule has 1 heterocycles. The summed E-state index contributed by atoms with van der Waals surface area (Å²) in [5.74, 6) is 0.930. The quantitative estimate of drug-likeness (QED) is 0.442. The number of amides is 2. The predicted molar refractivity (Wildman–Crippen MR) is 116 cm³/mol. The Morgan fingerprint density at radius 3 is 2.81 bits per heavy atom. The molecule has 2 aromatic rings. The Balaban J connectivity index is 1.56. The van der Waals surface area contributed by atoms with Crippen LogP contribution in [0.4, 0.5) is 10.5 Å². The summed E-state index contributed by atoms with van der Waals surface area (Å²) in [5.41, 5.74) is 2.76. The Kier molecular flexibility index (Phi) is 5.61. The summed E-state index contributed by atoms with van der Waals surface area (Å²) in [6, 6.07) is 4.70. The molecule has 3 unspecified atom stereocenters. The number of aliphatic hydroxyl groups excluding tert-OH is 1. The number of carbonyl (C=O) groups is 1. The molecule has 1 aromatic heterocycles. The Morgan fingerprint density at radius 1 is 1.39 bits per heavy atom. The number of fused-ring (bicyclic) bond motifs is 1. The third-order valence-corrected chi connectivity index (χ3v) is 7.65. The number of aryl methyl sites for hydroxylation is 1. The Hall–Kier alpha value is -2.36. The van der Waals surface area contributed by atoms with Crippen LogP contribution in [-0.2, 0) is 28.4 Å². The molecule has 168 valence electrons. The van der Waals surface area contributed by atoms with E-state index in [1.807, 2.05) is 0 Å². The second-order valence-corrected chi connectivity index (χ2v) is 10.6. The van der Waals surface area contributed by atoms with Crippen LogP contribution in [0.25, 0.3) is 0 Å². The fourth-order valence-electron chi connectivity index (χ4n) is 4.22. The first kappa shape index (κ1) is 21.9. The average molecular weight is 448 g/mol. The molecular formula is C22H29N3O5S. The first-order valence-corrected chi connectivity index (χ1v) is 12.1. The molecular weight excluding hydrogens is 418 g/mol. The minimum absolute atomic E-state index is 0.175. The summed E-state index contributed by atoms with van der Waals surface area (Å²) in [7, 11) is -3.80. The first-order valence-electron chi connectivity index (χ1n) is 10.6. The van der Waals surface area contributed by atoms with Crippen molar-refractivity contribution in [3.8, 4) is 0 Å². The number of hydrogen-bond acceptors (Lipinski definition) is 6. The highest BCUT2D eigenvalue weighted by molar-refractivity contribution is 7.91. The van der Waals surface area contributed by atoms with E-state index in [1.165, 1.54) is 31.4 Å². The Morgan fingerprint density at radius 2 is 2.13 bits per heavy atom. The van der Waals surface area contributed by atoms with Gasteiger partial charge in [0, 0.05) is 17.3 Å². The summed E-state index contributed by atoms with van der Waals surface area (Å²) in [6.07, 6.45) is 6.37. The molecule has 3 atom stereocenters. The minimum atomic E-state index is -3.80. The molecule has 0 bridgehead atoms. The van der Waals surface area contributed by atoms with Crippen molar-refractivity contribution in [1.29, 1.82) is 4.78 Å². The highest BCUT2D eigenvalue weighted by atomic mass is 32.2.